The van der Waals surface area contributed by atoms with Crippen molar-refractivity contribution < 1.29 is 4.42 Å². The summed E-state index contributed by atoms with van der Waals surface area (Å²) in [5.74, 6) is 1.08. The molecule has 2 aliphatic rings. The Morgan fingerprint density at radius 3 is 2.79 bits per heavy atom. The monoisotopic (exact) mass is 255 g/mol. The highest BCUT2D eigenvalue weighted by molar-refractivity contribution is 9.10. The van der Waals surface area contributed by atoms with Crippen molar-refractivity contribution in [2.45, 2.75) is 25.8 Å². The van der Waals surface area contributed by atoms with Gasteiger partial charge in [-0.25, -0.2) is 0 Å². The molecule has 0 aromatic carbocycles. The highest BCUT2D eigenvalue weighted by Crippen LogP contribution is 2.52. The normalized spacial score (nSPS) is 24.6. The fourth-order valence-corrected chi connectivity index (χ4v) is 2.74. The second-order valence-corrected chi connectivity index (χ2v) is 5.45. The minimum atomic E-state index is 0.726. The van der Waals surface area contributed by atoms with Gasteiger partial charge in [0.05, 0.1) is 6.54 Å². The molecule has 0 N–H and O–H groups in total. The molecule has 3 heteroatoms. The summed E-state index contributed by atoms with van der Waals surface area (Å²) in [7, 11) is 0. The van der Waals surface area contributed by atoms with Crippen LogP contribution in [0.5, 0.6) is 0 Å². The van der Waals surface area contributed by atoms with Gasteiger partial charge < -0.3 is 4.42 Å². The average Bonchev–Trinajstić information content (AvgIpc) is 2.58. The fourth-order valence-electron chi connectivity index (χ4n) is 2.40. The zero-order chi connectivity index (χ0) is 9.60. The molecule has 1 aromatic heterocycles. The first-order valence-electron chi connectivity index (χ1n) is 5.22. The Morgan fingerprint density at radius 1 is 1.36 bits per heavy atom. The van der Waals surface area contributed by atoms with Crippen LogP contribution in [0.2, 0.25) is 0 Å². The molecular weight excluding hydrogens is 242 g/mol. The summed E-state index contributed by atoms with van der Waals surface area (Å²) >= 11 is 3.33. The molecule has 1 aliphatic heterocycles. The van der Waals surface area contributed by atoms with Gasteiger partial charge in [-0.05, 0) is 59.3 Å². The van der Waals surface area contributed by atoms with Crippen molar-refractivity contribution in [3.63, 3.8) is 0 Å². The Bertz CT molecular complexity index is 343. The van der Waals surface area contributed by atoms with Crippen LogP contribution in [0.25, 0.3) is 0 Å². The molecule has 2 heterocycles. The third kappa shape index (κ3) is 1.63. The molecule has 0 amide bonds. The molecule has 2 fully saturated rings. The van der Waals surface area contributed by atoms with Gasteiger partial charge in [-0.1, -0.05) is 0 Å². The molecule has 1 aliphatic carbocycles. The van der Waals surface area contributed by atoms with Crippen LogP contribution >= 0.6 is 15.9 Å². The van der Waals surface area contributed by atoms with E-state index in [0.29, 0.717) is 0 Å². The first-order chi connectivity index (χ1) is 6.76. The summed E-state index contributed by atoms with van der Waals surface area (Å²) < 4.78 is 6.35. The summed E-state index contributed by atoms with van der Waals surface area (Å²) in [6, 6.07) is 4.03. The van der Waals surface area contributed by atoms with Gasteiger partial charge in [0.1, 0.15) is 5.76 Å². The van der Waals surface area contributed by atoms with Crippen molar-refractivity contribution in [3.8, 4) is 0 Å². The number of nitrogens with zero attached hydrogens (tertiary/aromatic N) is 1. The minimum absolute atomic E-state index is 0.726. The van der Waals surface area contributed by atoms with Gasteiger partial charge in [0, 0.05) is 6.54 Å². The lowest BCUT2D eigenvalue weighted by Crippen LogP contribution is -2.19. The molecule has 1 saturated heterocycles. The molecule has 0 atom stereocenters. The van der Waals surface area contributed by atoms with E-state index in [1.807, 2.05) is 6.07 Å². The Morgan fingerprint density at radius 2 is 2.21 bits per heavy atom. The van der Waals surface area contributed by atoms with Crippen LogP contribution in [0, 0.1) is 5.41 Å². The Hall–Kier alpha value is -0.280. The van der Waals surface area contributed by atoms with E-state index in [2.05, 4.69) is 26.9 Å². The lowest BCUT2D eigenvalue weighted by atomic mass is 10.1. The Kier molecular flexibility index (Phi) is 1.99. The number of rotatable bonds is 2. The molecule has 1 saturated carbocycles. The molecule has 76 valence electrons. The van der Waals surface area contributed by atoms with Crippen LogP contribution in [0.4, 0.5) is 0 Å². The largest absolute Gasteiger partial charge is 0.453 e. The Balaban J connectivity index is 1.63. The van der Waals surface area contributed by atoms with Crippen molar-refractivity contribution in [2.75, 3.05) is 13.1 Å². The zero-order valence-electron chi connectivity index (χ0n) is 8.13. The summed E-state index contributed by atoms with van der Waals surface area (Å²) in [4.78, 5) is 2.51. The SMILES string of the molecule is Brc1ccc(CN2CCC3(CC3)C2)o1. The lowest BCUT2D eigenvalue weighted by Gasteiger charge is -2.13. The van der Waals surface area contributed by atoms with Crippen LogP contribution in [0.3, 0.4) is 0 Å². The second kappa shape index (κ2) is 3.11. The fraction of sp³-hybridized carbons (Fsp3) is 0.636. The minimum Gasteiger partial charge on any atom is -0.453 e. The van der Waals surface area contributed by atoms with Crippen molar-refractivity contribution in [1.82, 2.24) is 4.90 Å². The molecule has 0 radical (unpaired) electrons. The quantitative estimate of drug-likeness (QED) is 0.808. The van der Waals surface area contributed by atoms with E-state index in [1.54, 1.807) is 0 Å². The van der Waals surface area contributed by atoms with Crippen LogP contribution in [-0.4, -0.2) is 18.0 Å². The predicted octanol–water partition coefficient (Wildman–Crippen LogP) is 3.03. The molecule has 2 nitrogen and oxygen atoms in total. The average molecular weight is 256 g/mol. The van der Waals surface area contributed by atoms with E-state index in [4.69, 9.17) is 4.42 Å². The molecule has 0 unspecified atom stereocenters. The van der Waals surface area contributed by atoms with Gasteiger partial charge in [0.25, 0.3) is 0 Å². The second-order valence-electron chi connectivity index (χ2n) is 4.67. The van der Waals surface area contributed by atoms with E-state index in [0.717, 1.165) is 22.4 Å². The molecular formula is C11H14BrNO. The zero-order valence-corrected chi connectivity index (χ0v) is 9.72. The van der Waals surface area contributed by atoms with E-state index < -0.39 is 0 Å². The molecule has 14 heavy (non-hydrogen) atoms. The van der Waals surface area contributed by atoms with E-state index in [1.165, 1.54) is 32.4 Å². The molecule has 0 bridgehead atoms. The molecule has 3 rings (SSSR count). The Labute approximate surface area is 92.4 Å². The van der Waals surface area contributed by atoms with E-state index >= 15 is 0 Å². The standard InChI is InChI=1S/C11H14BrNO/c12-10-2-1-9(14-10)7-13-6-5-11(8-13)3-4-11/h1-2H,3-8H2. The number of halogens is 1. The van der Waals surface area contributed by atoms with E-state index in [9.17, 15) is 0 Å². The van der Waals surface area contributed by atoms with Crippen LogP contribution in [0.15, 0.2) is 21.2 Å². The highest BCUT2D eigenvalue weighted by atomic mass is 79.9. The third-order valence-electron chi connectivity index (χ3n) is 3.48. The van der Waals surface area contributed by atoms with Gasteiger partial charge >= 0.3 is 0 Å². The molecule has 1 aromatic rings. The van der Waals surface area contributed by atoms with Crippen LogP contribution < -0.4 is 0 Å². The number of hydrogen-bond acceptors (Lipinski definition) is 2. The predicted molar refractivity (Wildman–Crippen MR) is 58.0 cm³/mol. The maximum Gasteiger partial charge on any atom is 0.169 e. The third-order valence-corrected chi connectivity index (χ3v) is 3.91. The molecule has 1 spiro atoms. The summed E-state index contributed by atoms with van der Waals surface area (Å²) in [5.41, 5.74) is 0.726. The summed E-state index contributed by atoms with van der Waals surface area (Å²) in [6.07, 6.45) is 4.30. The summed E-state index contributed by atoms with van der Waals surface area (Å²) in [5, 5.41) is 0. The van der Waals surface area contributed by atoms with Gasteiger partial charge in [-0.3, -0.25) is 4.90 Å². The topological polar surface area (TPSA) is 16.4 Å². The smallest absolute Gasteiger partial charge is 0.169 e. The number of hydrogen-bond donors (Lipinski definition) is 0. The first-order valence-corrected chi connectivity index (χ1v) is 6.02. The van der Waals surface area contributed by atoms with Crippen molar-refractivity contribution in [1.29, 1.82) is 0 Å². The number of likely N-dealkylation sites (tertiary alicyclic amines) is 1. The van der Waals surface area contributed by atoms with Gasteiger partial charge in [0.2, 0.25) is 0 Å². The van der Waals surface area contributed by atoms with Gasteiger partial charge in [0.15, 0.2) is 4.67 Å². The van der Waals surface area contributed by atoms with Crippen LogP contribution in [0.1, 0.15) is 25.0 Å². The highest BCUT2D eigenvalue weighted by Gasteiger charge is 2.47. The van der Waals surface area contributed by atoms with Crippen molar-refractivity contribution >= 4 is 15.9 Å². The van der Waals surface area contributed by atoms with Crippen molar-refractivity contribution in [3.05, 3.63) is 22.6 Å². The lowest BCUT2D eigenvalue weighted by molar-refractivity contribution is 0.281. The summed E-state index contributed by atoms with van der Waals surface area (Å²) in [6.45, 7) is 3.51. The maximum absolute atomic E-state index is 5.51. The van der Waals surface area contributed by atoms with Gasteiger partial charge in [-0.2, -0.15) is 0 Å². The van der Waals surface area contributed by atoms with Crippen molar-refractivity contribution in [2.24, 2.45) is 5.41 Å². The maximum atomic E-state index is 5.51. The van der Waals surface area contributed by atoms with Gasteiger partial charge in [-0.15, -0.1) is 0 Å². The van der Waals surface area contributed by atoms with Crippen LogP contribution in [-0.2, 0) is 6.54 Å². The van der Waals surface area contributed by atoms with E-state index in [-0.39, 0.29) is 0 Å². The first kappa shape index (κ1) is 8.98. The number of furan rings is 1.